The maximum atomic E-state index is 2.67. The molecular formula is C50H30BN3. The van der Waals surface area contributed by atoms with Crippen LogP contribution >= 0.6 is 0 Å². The Hall–Kier alpha value is -7.04. The standard InChI is InChI=1S/C50H30BN3/c1-2-16-34(17-3-1)52-44-23-10-8-20-38(44)42-30-41-40-22-12-21-39-37-19-9-11-24-45(37)54(47(39)40)51-43-28-26-32-14-6-7-18-36(32)48(43)53(50(46(41)51)49(42)52)35-27-25-31-13-4-5-15-33(31)29-35/h1-30H. The van der Waals surface area contributed by atoms with Gasteiger partial charge in [0.25, 0.3) is 0 Å². The third-order valence-electron chi connectivity index (χ3n) is 12.2. The van der Waals surface area contributed by atoms with Crippen molar-refractivity contribution in [3.63, 3.8) is 0 Å². The Kier molecular flexibility index (Phi) is 5.45. The number of para-hydroxylation sites is 4. The highest BCUT2D eigenvalue weighted by atomic mass is 15.2. The zero-order valence-corrected chi connectivity index (χ0v) is 29.2. The molecule has 248 valence electrons. The lowest BCUT2D eigenvalue weighted by molar-refractivity contribution is 1.17. The Morgan fingerprint density at radius 1 is 0.370 bits per heavy atom. The molecule has 0 bridgehead atoms. The zero-order valence-electron chi connectivity index (χ0n) is 29.2. The molecule has 0 atom stereocenters. The molecule has 4 heteroatoms. The average molecular weight is 684 g/mol. The van der Waals surface area contributed by atoms with Gasteiger partial charge >= 0.3 is 6.85 Å². The first-order valence-corrected chi connectivity index (χ1v) is 18.8. The van der Waals surface area contributed by atoms with Gasteiger partial charge in [-0.2, -0.15) is 0 Å². The van der Waals surface area contributed by atoms with Crippen LogP contribution in [0.15, 0.2) is 182 Å². The van der Waals surface area contributed by atoms with Crippen molar-refractivity contribution < 1.29 is 0 Å². The van der Waals surface area contributed by atoms with Crippen LogP contribution in [0.25, 0.3) is 82.0 Å². The van der Waals surface area contributed by atoms with Crippen molar-refractivity contribution in [2.24, 2.45) is 0 Å². The lowest BCUT2D eigenvalue weighted by atomic mass is 9.44. The largest absolute Gasteiger partial charge is 0.375 e. The number of aromatic nitrogens is 2. The van der Waals surface area contributed by atoms with Crippen LogP contribution < -0.4 is 15.8 Å². The molecule has 9 aromatic carbocycles. The normalized spacial score (nSPS) is 13.1. The fraction of sp³-hybridized carbons (Fsp3) is 0. The predicted molar refractivity (Wildman–Crippen MR) is 229 cm³/mol. The molecule has 4 heterocycles. The predicted octanol–water partition coefficient (Wildman–Crippen LogP) is 11.6. The molecule has 2 aliphatic rings. The minimum absolute atomic E-state index is 0.0461. The van der Waals surface area contributed by atoms with Crippen LogP contribution in [-0.4, -0.2) is 15.9 Å². The Balaban J connectivity index is 1.32. The third-order valence-corrected chi connectivity index (χ3v) is 12.2. The van der Waals surface area contributed by atoms with Crippen LogP contribution in [0.5, 0.6) is 0 Å². The molecule has 13 rings (SSSR count). The van der Waals surface area contributed by atoms with Crippen molar-refractivity contribution in [3.05, 3.63) is 182 Å². The van der Waals surface area contributed by atoms with Gasteiger partial charge in [-0.05, 0) is 75.1 Å². The van der Waals surface area contributed by atoms with E-state index in [0.29, 0.717) is 0 Å². The number of rotatable bonds is 2. The molecule has 54 heavy (non-hydrogen) atoms. The van der Waals surface area contributed by atoms with E-state index in [9.17, 15) is 0 Å². The number of benzene rings is 9. The van der Waals surface area contributed by atoms with Crippen molar-refractivity contribution in [1.82, 2.24) is 9.05 Å². The van der Waals surface area contributed by atoms with Gasteiger partial charge in [0.1, 0.15) is 0 Å². The van der Waals surface area contributed by atoms with E-state index in [-0.39, 0.29) is 6.85 Å². The first kappa shape index (κ1) is 28.5. The number of hydrogen-bond donors (Lipinski definition) is 0. The highest BCUT2D eigenvalue weighted by molar-refractivity contribution is 6.90. The van der Waals surface area contributed by atoms with E-state index in [1.807, 2.05) is 0 Å². The molecule has 11 aromatic rings. The molecule has 0 saturated heterocycles. The van der Waals surface area contributed by atoms with E-state index in [1.54, 1.807) is 0 Å². The van der Waals surface area contributed by atoms with E-state index in [2.05, 4.69) is 196 Å². The molecule has 0 N–H and O–H groups in total. The number of nitrogens with zero attached hydrogens (tertiary/aromatic N) is 3. The minimum Gasteiger partial charge on any atom is -0.375 e. The van der Waals surface area contributed by atoms with Crippen molar-refractivity contribution in [2.75, 3.05) is 4.90 Å². The third kappa shape index (κ3) is 3.53. The van der Waals surface area contributed by atoms with Gasteiger partial charge < -0.3 is 13.9 Å². The smallest absolute Gasteiger partial charge is 0.333 e. The van der Waals surface area contributed by atoms with Gasteiger partial charge in [0, 0.05) is 54.9 Å². The van der Waals surface area contributed by atoms with E-state index >= 15 is 0 Å². The summed E-state index contributed by atoms with van der Waals surface area (Å²) in [6, 6.07) is 67.8. The highest BCUT2D eigenvalue weighted by Gasteiger charge is 2.45. The van der Waals surface area contributed by atoms with Gasteiger partial charge in [-0.15, -0.1) is 0 Å². The van der Waals surface area contributed by atoms with Gasteiger partial charge in [0.05, 0.1) is 22.4 Å². The van der Waals surface area contributed by atoms with Crippen LogP contribution in [-0.2, 0) is 0 Å². The molecule has 0 fully saturated rings. The van der Waals surface area contributed by atoms with Gasteiger partial charge in [-0.1, -0.05) is 140 Å². The molecule has 2 aromatic heterocycles. The molecule has 0 unspecified atom stereocenters. The van der Waals surface area contributed by atoms with Gasteiger partial charge in [0.15, 0.2) is 0 Å². The Morgan fingerprint density at radius 3 is 1.89 bits per heavy atom. The summed E-state index contributed by atoms with van der Waals surface area (Å²) in [5.74, 6) is 0. The van der Waals surface area contributed by atoms with Crippen LogP contribution in [0.2, 0.25) is 0 Å². The Bertz CT molecular complexity index is 3410. The van der Waals surface area contributed by atoms with Crippen molar-refractivity contribution in [1.29, 1.82) is 0 Å². The monoisotopic (exact) mass is 683 g/mol. The summed E-state index contributed by atoms with van der Waals surface area (Å²) in [6.07, 6.45) is 0. The number of hydrogen-bond acceptors (Lipinski definition) is 1. The lowest BCUT2D eigenvalue weighted by Crippen LogP contribution is -2.56. The highest BCUT2D eigenvalue weighted by Crippen LogP contribution is 2.51. The van der Waals surface area contributed by atoms with E-state index in [1.165, 1.54) is 98.6 Å². The maximum absolute atomic E-state index is 2.67. The molecule has 0 aliphatic carbocycles. The molecule has 0 amide bonds. The Labute approximate surface area is 311 Å². The summed E-state index contributed by atoms with van der Waals surface area (Å²) >= 11 is 0. The summed E-state index contributed by atoms with van der Waals surface area (Å²) in [6.45, 7) is -0.0461. The van der Waals surface area contributed by atoms with Crippen LogP contribution in [0, 0.1) is 0 Å². The summed E-state index contributed by atoms with van der Waals surface area (Å²) < 4.78 is 5.18. The van der Waals surface area contributed by atoms with Crippen molar-refractivity contribution in [2.45, 2.75) is 0 Å². The maximum Gasteiger partial charge on any atom is 0.333 e. The SMILES string of the molecule is c1ccc(-n2c3ccccc3c3cc4c5c(c32)N(c2ccc3ccccc3c2)c2c(ccc3ccccc23)B5n2c3ccccc3c3cccc-4c32)cc1. The van der Waals surface area contributed by atoms with Crippen LogP contribution in [0.1, 0.15) is 0 Å². The zero-order chi connectivity index (χ0) is 35.1. The fourth-order valence-electron chi connectivity index (χ4n) is 10.1. The summed E-state index contributed by atoms with van der Waals surface area (Å²) in [5.41, 5.74) is 15.1. The fourth-order valence-corrected chi connectivity index (χ4v) is 10.1. The molecular weight excluding hydrogens is 653 g/mol. The summed E-state index contributed by atoms with van der Waals surface area (Å²) in [7, 11) is 0. The van der Waals surface area contributed by atoms with E-state index in [4.69, 9.17) is 0 Å². The molecule has 2 aliphatic heterocycles. The van der Waals surface area contributed by atoms with Crippen molar-refractivity contribution >= 4 is 100.0 Å². The van der Waals surface area contributed by atoms with E-state index in [0.717, 1.165) is 11.4 Å². The first-order chi connectivity index (χ1) is 26.8. The number of fused-ring (bicyclic) bond motifs is 14. The molecule has 0 saturated carbocycles. The Morgan fingerprint density at radius 2 is 1.04 bits per heavy atom. The topological polar surface area (TPSA) is 13.1 Å². The quantitative estimate of drug-likeness (QED) is 0.165. The second-order valence-corrected chi connectivity index (χ2v) is 14.9. The lowest BCUT2D eigenvalue weighted by Gasteiger charge is -2.41. The minimum atomic E-state index is -0.0461. The van der Waals surface area contributed by atoms with Crippen LogP contribution in [0.3, 0.4) is 0 Å². The molecule has 0 spiro atoms. The molecule has 3 nitrogen and oxygen atoms in total. The van der Waals surface area contributed by atoms with Gasteiger partial charge in [0.2, 0.25) is 0 Å². The number of anilines is 3. The second kappa shape index (κ2) is 10.3. The molecule has 0 radical (unpaired) electrons. The van der Waals surface area contributed by atoms with Crippen molar-refractivity contribution in [3.8, 4) is 16.8 Å². The second-order valence-electron chi connectivity index (χ2n) is 14.9. The van der Waals surface area contributed by atoms with Gasteiger partial charge in [-0.3, -0.25) is 0 Å². The summed E-state index contributed by atoms with van der Waals surface area (Å²) in [5, 5.41) is 10.1. The van der Waals surface area contributed by atoms with E-state index < -0.39 is 0 Å². The van der Waals surface area contributed by atoms with Crippen LogP contribution in [0.4, 0.5) is 17.1 Å². The summed E-state index contributed by atoms with van der Waals surface area (Å²) in [4.78, 5) is 2.62. The first-order valence-electron chi connectivity index (χ1n) is 18.8. The van der Waals surface area contributed by atoms with Gasteiger partial charge in [-0.25, -0.2) is 0 Å². The average Bonchev–Trinajstić information content (AvgIpc) is 3.76.